The minimum absolute atomic E-state index is 0.227. The molecule has 1 aromatic heterocycles. The van der Waals surface area contributed by atoms with Crippen molar-refractivity contribution in [3.05, 3.63) is 102 Å². The lowest BCUT2D eigenvalue weighted by molar-refractivity contribution is -0.137. The number of benzene rings is 3. The van der Waals surface area contributed by atoms with Crippen molar-refractivity contribution in [3.63, 3.8) is 0 Å². The lowest BCUT2D eigenvalue weighted by Gasteiger charge is -2.41. The molecule has 1 aliphatic rings. The number of rotatable bonds is 3. The third kappa shape index (κ3) is 4.77. The van der Waals surface area contributed by atoms with Gasteiger partial charge in [-0.2, -0.15) is 13.2 Å². The molecule has 1 atom stereocenters. The quantitative estimate of drug-likeness (QED) is 0.371. The number of hydrogen-bond acceptors (Lipinski definition) is 3. The standard InChI is InChI=1S/C27H22F3N3O3/c28-27(29,30)20-10-12-21(13-11-20)31-26(35)33-15-14-32(17-22(33)18-6-2-1-3-7-18)25(34)24-16-19-8-4-5-9-23(19)36-24/h1-13,16,22H,14-15,17H2,(H,31,35). The molecule has 1 aliphatic heterocycles. The number of amides is 3. The molecule has 5 rings (SSSR count). The van der Waals surface area contributed by atoms with Gasteiger partial charge in [0, 0.05) is 30.7 Å². The SMILES string of the molecule is O=C(c1cc2ccccc2o1)N1CCN(C(=O)Nc2ccc(C(F)(F)F)cc2)C(c2ccccc2)C1. The largest absolute Gasteiger partial charge is 0.451 e. The van der Waals surface area contributed by atoms with E-state index in [2.05, 4.69) is 5.32 Å². The maximum atomic E-state index is 13.2. The number of hydrogen-bond donors (Lipinski definition) is 1. The predicted molar refractivity (Wildman–Crippen MR) is 128 cm³/mol. The molecule has 0 radical (unpaired) electrons. The van der Waals surface area contributed by atoms with Crippen LogP contribution in [0, 0.1) is 0 Å². The van der Waals surface area contributed by atoms with Gasteiger partial charge >= 0.3 is 12.2 Å². The summed E-state index contributed by atoms with van der Waals surface area (Å²) < 4.78 is 44.3. The fourth-order valence-corrected chi connectivity index (χ4v) is 4.35. The number of halogens is 3. The Morgan fingerprint density at radius 1 is 0.889 bits per heavy atom. The van der Waals surface area contributed by atoms with Gasteiger partial charge in [-0.1, -0.05) is 48.5 Å². The lowest BCUT2D eigenvalue weighted by atomic mass is 10.0. The molecule has 36 heavy (non-hydrogen) atoms. The Morgan fingerprint density at radius 3 is 2.28 bits per heavy atom. The first-order valence-corrected chi connectivity index (χ1v) is 11.4. The molecule has 0 saturated carbocycles. The van der Waals surface area contributed by atoms with Crippen molar-refractivity contribution in [2.75, 3.05) is 25.0 Å². The number of urea groups is 1. The highest BCUT2D eigenvalue weighted by molar-refractivity contribution is 5.96. The Morgan fingerprint density at radius 2 is 1.58 bits per heavy atom. The molecule has 0 aliphatic carbocycles. The van der Waals surface area contributed by atoms with Gasteiger partial charge in [0.15, 0.2) is 5.76 Å². The fraction of sp³-hybridized carbons (Fsp3) is 0.185. The minimum atomic E-state index is -4.45. The van der Waals surface area contributed by atoms with Crippen LogP contribution in [0.1, 0.15) is 27.7 Å². The van der Waals surface area contributed by atoms with Crippen LogP contribution in [-0.2, 0) is 6.18 Å². The number of nitrogens with one attached hydrogen (secondary N) is 1. The van der Waals surface area contributed by atoms with Gasteiger partial charge in [-0.25, -0.2) is 4.79 Å². The third-order valence-electron chi connectivity index (χ3n) is 6.21. The van der Waals surface area contributed by atoms with Gasteiger partial charge in [-0.3, -0.25) is 4.79 Å². The number of anilines is 1. The molecule has 2 heterocycles. The van der Waals surface area contributed by atoms with Crippen molar-refractivity contribution in [3.8, 4) is 0 Å². The van der Waals surface area contributed by atoms with Crippen LogP contribution in [-0.4, -0.2) is 41.4 Å². The molecule has 6 nitrogen and oxygen atoms in total. The summed E-state index contributed by atoms with van der Waals surface area (Å²) in [5.74, 6) is -0.0411. The molecule has 184 valence electrons. The van der Waals surface area contributed by atoms with Gasteiger partial charge in [-0.05, 0) is 42.0 Å². The van der Waals surface area contributed by atoms with Crippen molar-refractivity contribution >= 4 is 28.6 Å². The average Bonchev–Trinajstić information content (AvgIpc) is 3.32. The van der Waals surface area contributed by atoms with Gasteiger partial charge in [-0.15, -0.1) is 0 Å². The molecule has 3 amide bonds. The molecule has 0 bridgehead atoms. The Labute approximate surface area is 204 Å². The highest BCUT2D eigenvalue weighted by Gasteiger charge is 2.35. The number of piperazine rings is 1. The molecule has 9 heteroatoms. The Hall–Kier alpha value is -4.27. The first kappa shape index (κ1) is 23.5. The Balaban J connectivity index is 1.35. The van der Waals surface area contributed by atoms with Crippen LogP contribution in [0.4, 0.5) is 23.7 Å². The predicted octanol–water partition coefficient (Wildman–Crippen LogP) is 6.18. The van der Waals surface area contributed by atoms with Crippen LogP contribution >= 0.6 is 0 Å². The van der Waals surface area contributed by atoms with Crippen LogP contribution in [0.25, 0.3) is 11.0 Å². The maximum Gasteiger partial charge on any atom is 0.416 e. The van der Waals surface area contributed by atoms with Gasteiger partial charge in [0.1, 0.15) is 5.58 Å². The van der Waals surface area contributed by atoms with E-state index >= 15 is 0 Å². The summed E-state index contributed by atoms with van der Waals surface area (Å²) in [6.45, 7) is 0.748. The van der Waals surface area contributed by atoms with Crippen LogP contribution in [0.2, 0.25) is 0 Å². The van der Waals surface area contributed by atoms with Crippen LogP contribution in [0.15, 0.2) is 89.3 Å². The third-order valence-corrected chi connectivity index (χ3v) is 6.21. The number of furan rings is 1. The summed E-state index contributed by atoms with van der Waals surface area (Å²) in [7, 11) is 0. The molecule has 1 unspecified atom stereocenters. The molecular formula is C27H22F3N3O3. The normalized spacial score (nSPS) is 16.2. The monoisotopic (exact) mass is 493 g/mol. The second kappa shape index (κ2) is 9.41. The summed E-state index contributed by atoms with van der Waals surface area (Å²) in [4.78, 5) is 29.7. The zero-order valence-electron chi connectivity index (χ0n) is 19.0. The van der Waals surface area contributed by atoms with Crippen molar-refractivity contribution < 1.29 is 27.2 Å². The minimum Gasteiger partial charge on any atom is -0.451 e. The molecule has 0 spiro atoms. The van der Waals surface area contributed by atoms with E-state index in [0.29, 0.717) is 5.58 Å². The van der Waals surface area contributed by atoms with E-state index in [4.69, 9.17) is 4.42 Å². The van der Waals surface area contributed by atoms with Crippen molar-refractivity contribution in [1.29, 1.82) is 0 Å². The Kier molecular flexibility index (Phi) is 6.13. The van der Waals surface area contributed by atoms with Crippen molar-refractivity contribution in [2.24, 2.45) is 0 Å². The van der Waals surface area contributed by atoms with Gasteiger partial charge in [0.25, 0.3) is 5.91 Å². The highest BCUT2D eigenvalue weighted by Crippen LogP contribution is 2.31. The van der Waals surface area contributed by atoms with Crippen LogP contribution in [0.3, 0.4) is 0 Å². The number of para-hydroxylation sites is 1. The summed E-state index contributed by atoms with van der Waals surface area (Å²) in [5, 5.41) is 3.51. The second-order valence-corrected chi connectivity index (χ2v) is 8.52. The summed E-state index contributed by atoms with van der Waals surface area (Å²) in [5.41, 5.74) is 0.915. The van der Waals surface area contributed by atoms with E-state index < -0.39 is 23.8 Å². The van der Waals surface area contributed by atoms with E-state index in [0.717, 1.165) is 23.1 Å². The summed E-state index contributed by atoms with van der Waals surface area (Å²) >= 11 is 0. The lowest BCUT2D eigenvalue weighted by Crippen LogP contribution is -2.53. The number of alkyl halides is 3. The van der Waals surface area contributed by atoms with E-state index in [-0.39, 0.29) is 37.0 Å². The van der Waals surface area contributed by atoms with E-state index in [1.165, 1.54) is 12.1 Å². The van der Waals surface area contributed by atoms with Gasteiger partial charge < -0.3 is 19.5 Å². The number of carbonyl (C=O) groups excluding carboxylic acids is 2. The first-order chi connectivity index (χ1) is 17.3. The summed E-state index contributed by atoms with van der Waals surface area (Å²) in [6, 6.07) is 21.7. The number of nitrogens with zero attached hydrogens (tertiary/aromatic N) is 2. The first-order valence-electron chi connectivity index (χ1n) is 11.4. The topological polar surface area (TPSA) is 65.8 Å². The van der Waals surface area contributed by atoms with Gasteiger partial charge in [0.05, 0.1) is 11.6 Å². The average molecular weight is 493 g/mol. The van der Waals surface area contributed by atoms with Crippen molar-refractivity contribution in [2.45, 2.75) is 12.2 Å². The molecule has 4 aromatic rings. The zero-order valence-corrected chi connectivity index (χ0v) is 19.0. The zero-order chi connectivity index (χ0) is 25.3. The van der Waals surface area contributed by atoms with E-state index in [1.807, 2.05) is 48.5 Å². The molecular weight excluding hydrogens is 471 g/mol. The van der Waals surface area contributed by atoms with Gasteiger partial charge in [0.2, 0.25) is 0 Å². The van der Waals surface area contributed by atoms with Crippen LogP contribution in [0.5, 0.6) is 0 Å². The number of carbonyl (C=O) groups is 2. The molecule has 3 aromatic carbocycles. The van der Waals surface area contributed by atoms with Crippen LogP contribution < -0.4 is 5.32 Å². The molecule has 1 N–H and O–H groups in total. The second-order valence-electron chi connectivity index (χ2n) is 8.52. The molecule has 1 fully saturated rings. The van der Waals surface area contributed by atoms with Crippen molar-refractivity contribution in [1.82, 2.24) is 9.80 Å². The fourth-order valence-electron chi connectivity index (χ4n) is 4.35. The maximum absolute atomic E-state index is 13.2. The Bertz CT molecular complexity index is 1350. The number of fused-ring (bicyclic) bond motifs is 1. The van der Waals surface area contributed by atoms with E-state index in [9.17, 15) is 22.8 Å². The highest BCUT2D eigenvalue weighted by atomic mass is 19.4. The smallest absolute Gasteiger partial charge is 0.416 e. The summed E-state index contributed by atoms with van der Waals surface area (Å²) in [6.07, 6.45) is -4.45. The van der Waals surface area contributed by atoms with E-state index in [1.54, 1.807) is 21.9 Å². The molecule has 1 saturated heterocycles.